The summed E-state index contributed by atoms with van der Waals surface area (Å²) in [6.45, 7) is 4.18. The first-order valence-electron chi connectivity index (χ1n) is 5.91. The van der Waals surface area contributed by atoms with E-state index >= 15 is 0 Å². The van der Waals surface area contributed by atoms with E-state index in [0.717, 1.165) is 17.8 Å². The molecule has 2 rings (SSSR count). The van der Waals surface area contributed by atoms with Crippen LogP contribution in [0.4, 0.5) is 11.4 Å². The zero-order valence-corrected chi connectivity index (χ0v) is 11.3. The van der Waals surface area contributed by atoms with Crippen LogP contribution in [0.1, 0.15) is 26.7 Å². The Hall–Kier alpha value is -1.48. The van der Waals surface area contributed by atoms with Gasteiger partial charge in [0.1, 0.15) is 0 Å². The maximum Gasteiger partial charge on any atom is 0.157 e. The summed E-state index contributed by atoms with van der Waals surface area (Å²) in [5, 5.41) is 3.82. The third-order valence-electron chi connectivity index (χ3n) is 2.97. The summed E-state index contributed by atoms with van der Waals surface area (Å²) in [7, 11) is 0. The molecule has 3 nitrogen and oxygen atoms in total. The molecule has 0 bridgehead atoms. The topological polar surface area (TPSA) is 55.1 Å². The molecule has 1 aliphatic rings. The monoisotopic (exact) mass is 264 g/mol. The first-order chi connectivity index (χ1) is 8.35. The Bertz CT molecular complexity index is 521. The van der Waals surface area contributed by atoms with Crippen LogP contribution in [0.2, 0.25) is 5.02 Å². The van der Waals surface area contributed by atoms with Crippen LogP contribution >= 0.6 is 11.6 Å². The normalized spacial score (nSPS) is 18.4. The number of hydrogen-bond donors (Lipinski definition) is 2. The number of anilines is 2. The molecule has 0 radical (unpaired) electrons. The Morgan fingerprint density at radius 2 is 2.06 bits per heavy atom. The predicted octanol–water partition coefficient (Wildman–Crippen LogP) is 3.61. The van der Waals surface area contributed by atoms with E-state index in [1.165, 1.54) is 0 Å². The number of carbonyl (C=O) groups excluding carboxylic acids is 1. The number of nitrogens with one attached hydrogen (secondary N) is 1. The van der Waals surface area contributed by atoms with E-state index in [4.69, 9.17) is 17.3 Å². The lowest BCUT2D eigenvalue weighted by Crippen LogP contribution is -2.24. The Morgan fingerprint density at radius 1 is 1.33 bits per heavy atom. The van der Waals surface area contributed by atoms with E-state index in [-0.39, 0.29) is 11.2 Å². The van der Waals surface area contributed by atoms with E-state index in [9.17, 15) is 4.79 Å². The van der Waals surface area contributed by atoms with E-state index < -0.39 is 0 Å². The zero-order chi connectivity index (χ0) is 13.3. The lowest BCUT2D eigenvalue weighted by molar-refractivity contribution is -0.117. The van der Waals surface area contributed by atoms with Crippen molar-refractivity contribution in [3.05, 3.63) is 35.0 Å². The van der Waals surface area contributed by atoms with Gasteiger partial charge in [0.2, 0.25) is 0 Å². The Morgan fingerprint density at radius 3 is 2.67 bits per heavy atom. The highest BCUT2D eigenvalue weighted by atomic mass is 35.5. The summed E-state index contributed by atoms with van der Waals surface area (Å²) in [6, 6.07) is 5.29. The van der Waals surface area contributed by atoms with Crippen LogP contribution < -0.4 is 11.1 Å². The molecule has 0 saturated carbocycles. The van der Waals surface area contributed by atoms with Crippen molar-refractivity contribution in [2.45, 2.75) is 26.7 Å². The Kier molecular flexibility index (Phi) is 3.35. The number of ketones is 1. The summed E-state index contributed by atoms with van der Waals surface area (Å²) < 4.78 is 0. The van der Waals surface area contributed by atoms with Gasteiger partial charge in [-0.3, -0.25) is 4.79 Å². The van der Waals surface area contributed by atoms with Crippen molar-refractivity contribution in [3.63, 3.8) is 0 Å². The van der Waals surface area contributed by atoms with Crippen LogP contribution in [-0.4, -0.2) is 5.78 Å². The smallest absolute Gasteiger partial charge is 0.157 e. The lowest BCUT2D eigenvalue weighted by Gasteiger charge is -2.29. The minimum absolute atomic E-state index is 0.00461. The van der Waals surface area contributed by atoms with Gasteiger partial charge in [0.15, 0.2) is 5.78 Å². The van der Waals surface area contributed by atoms with Crippen LogP contribution in [0, 0.1) is 5.41 Å². The molecular formula is C14H17ClN2O. The fraction of sp³-hybridized carbons (Fsp3) is 0.357. The van der Waals surface area contributed by atoms with Crippen molar-refractivity contribution in [1.82, 2.24) is 0 Å². The van der Waals surface area contributed by atoms with Gasteiger partial charge < -0.3 is 11.1 Å². The standard InChI is InChI=1S/C14H17ClN2O/c1-14(2)7-10(6-11(18)8-14)17-13-4-3-9(15)5-12(13)16/h3-6,17H,7-8,16H2,1-2H3. The van der Waals surface area contributed by atoms with Crippen LogP contribution in [0.25, 0.3) is 0 Å². The second kappa shape index (κ2) is 4.65. The number of benzene rings is 1. The third-order valence-corrected chi connectivity index (χ3v) is 3.20. The largest absolute Gasteiger partial charge is 0.397 e. The highest BCUT2D eigenvalue weighted by molar-refractivity contribution is 6.31. The minimum atomic E-state index is -0.00461. The Labute approximate surface area is 112 Å². The highest BCUT2D eigenvalue weighted by Crippen LogP contribution is 2.35. The van der Waals surface area contributed by atoms with Crippen molar-refractivity contribution < 1.29 is 4.79 Å². The molecule has 1 aromatic carbocycles. The molecule has 0 fully saturated rings. The van der Waals surface area contributed by atoms with Crippen molar-refractivity contribution in [1.29, 1.82) is 0 Å². The molecule has 0 unspecified atom stereocenters. The fourth-order valence-electron chi connectivity index (χ4n) is 2.25. The zero-order valence-electron chi connectivity index (χ0n) is 10.6. The average molecular weight is 265 g/mol. The summed E-state index contributed by atoms with van der Waals surface area (Å²) in [5.41, 5.74) is 8.16. The molecule has 0 spiro atoms. The van der Waals surface area contributed by atoms with Crippen molar-refractivity contribution in [3.8, 4) is 0 Å². The SMILES string of the molecule is CC1(C)CC(=O)C=C(Nc2ccc(Cl)cc2N)C1. The Balaban J connectivity index is 2.21. The summed E-state index contributed by atoms with van der Waals surface area (Å²) in [4.78, 5) is 11.6. The van der Waals surface area contributed by atoms with Gasteiger partial charge in [-0.25, -0.2) is 0 Å². The molecule has 0 atom stereocenters. The van der Waals surface area contributed by atoms with Crippen LogP contribution in [0.15, 0.2) is 30.0 Å². The molecule has 1 aromatic rings. The predicted molar refractivity (Wildman–Crippen MR) is 75.6 cm³/mol. The number of carbonyl (C=O) groups is 1. The number of rotatable bonds is 2. The van der Waals surface area contributed by atoms with Gasteiger partial charge in [-0.2, -0.15) is 0 Å². The van der Waals surface area contributed by atoms with E-state index in [0.29, 0.717) is 17.1 Å². The van der Waals surface area contributed by atoms with E-state index in [2.05, 4.69) is 19.2 Å². The van der Waals surface area contributed by atoms with Crippen LogP contribution in [-0.2, 0) is 4.79 Å². The molecule has 0 heterocycles. The minimum Gasteiger partial charge on any atom is -0.397 e. The number of halogens is 1. The molecule has 0 aliphatic heterocycles. The van der Waals surface area contributed by atoms with Crippen LogP contribution in [0.5, 0.6) is 0 Å². The number of nitrogen functional groups attached to an aromatic ring is 1. The summed E-state index contributed by atoms with van der Waals surface area (Å²) >= 11 is 5.85. The van der Waals surface area contributed by atoms with Crippen molar-refractivity contribution in [2.75, 3.05) is 11.1 Å². The summed E-state index contributed by atoms with van der Waals surface area (Å²) in [6.07, 6.45) is 3.09. The molecule has 3 N–H and O–H groups in total. The first-order valence-corrected chi connectivity index (χ1v) is 6.29. The quantitative estimate of drug-likeness (QED) is 0.803. The number of hydrogen-bond acceptors (Lipinski definition) is 3. The maximum atomic E-state index is 11.6. The van der Waals surface area contributed by atoms with Gasteiger partial charge in [-0.05, 0) is 30.0 Å². The molecule has 96 valence electrons. The molecule has 4 heteroatoms. The van der Waals surface area contributed by atoms with Gasteiger partial charge in [-0.15, -0.1) is 0 Å². The van der Waals surface area contributed by atoms with Gasteiger partial charge >= 0.3 is 0 Å². The fourth-order valence-corrected chi connectivity index (χ4v) is 2.43. The number of nitrogens with two attached hydrogens (primary N) is 1. The first kappa shape index (κ1) is 13.0. The molecule has 1 aliphatic carbocycles. The summed E-state index contributed by atoms with van der Waals surface area (Å²) in [5.74, 6) is 0.154. The second-order valence-corrected chi connectivity index (χ2v) is 5.95. The van der Waals surface area contributed by atoms with E-state index in [1.54, 1.807) is 18.2 Å². The second-order valence-electron chi connectivity index (χ2n) is 5.51. The van der Waals surface area contributed by atoms with Crippen molar-refractivity contribution >= 4 is 28.8 Å². The number of allylic oxidation sites excluding steroid dienone is 2. The molecule has 0 amide bonds. The molecule has 0 saturated heterocycles. The maximum absolute atomic E-state index is 11.6. The van der Waals surface area contributed by atoms with Gasteiger partial charge in [0.05, 0.1) is 11.4 Å². The average Bonchev–Trinajstić information content (AvgIpc) is 2.19. The van der Waals surface area contributed by atoms with Gasteiger partial charge in [-0.1, -0.05) is 25.4 Å². The van der Waals surface area contributed by atoms with Crippen LogP contribution in [0.3, 0.4) is 0 Å². The third kappa shape index (κ3) is 3.05. The van der Waals surface area contributed by atoms with Gasteiger partial charge in [0, 0.05) is 23.2 Å². The molecule has 18 heavy (non-hydrogen) atoms. The molecule has 0 aromatic heterocycles. The van der Waals surface area contributed by atoms with Gasteiger partial charge in [0.25, 0.3) is 0 Å². The lowest BCUT2D eigenvalue weighted by atomic mass is 9.79. The van der Waals surface area contributed by atoms with Crippen molar-refractivity contribution in [2.24, 2.45) is 5.41 Å². The highest BCUT2D eigenvalue weighted by Gasteiger charge is 2.27. The molecular weight excluding hydrogens is 248 g/mol. The van der Waals surface area contributed by atoms with E-state index in [1.807, 2.05) is 6.07 Å².